The summed E-state index contributed by atoms with van der Waals surface area (Å²) in [5, 5.41) is 3.08. The summed E-state index contributed by atoms with van der Waals surface area (Å²) in [5.74, 6) is 0.512. The molecule has 2 heterocycles. The van der Waals surface area contributed by atoms with Gasteiger partial charge >= 0.3 is 5.97 Å². The number of thioether (sulfide) groups is 1. The minimum atomic E-state index is -0.573. The van der Waals surface area contributed by atoms with E-state index in [1.165, 1.54) is 11.7 Å². The van der Waals surface area contributed by atoms with E-state index in [-0.39, 0.29) is 24.4 Å². The number of aromatic nitrogens is 2. The second kappa shape index (κ2) is 9.95. The van der Waals surface area contributed by atoms with E-state index >= 15 is 0 Å². The molecular formula is C23H23N3O6S. The van der Waals surface area contributed by atoms with Gasteiger partial charge in [-0.15, -0.1) is 0 Å². The molecule has 0 bridgehead atoms. The second-order valence-corrected chi connectivity index (χ2v) is 8.61. The van der Waals surface area contributed by atoms with Gasteiger partial charge in [-0.1, -0.05) is 23.9 Å². The molecule has 0 saturated heterocycles. The van der Waals surface area contributed by atoms with Crippen LogP contribution in [0, 0.1) is 0 Å². The summed E-state index contributed by atoms with van der Waals surface area (Å²) in [5.41, 5.74) is 0.830. The molecule has 3 aromatic rings. The van der Waals surface area contributed by atoms with E-state index in [4.69, 9.17) is 14.2 Å². The predicted molar refractivity (Wildman–Crippen MR) is 124 cm³/mol. The maximum Gasteiger partial charge on any atom is 0.307 e. The number of hydrogen-bond donors (Lipinski definition) is 1. The molecule has 1 aliphatic rings. The number of hydrogen-bond acceptors (Lipinski definition) is 8. The largest absolute Gasteiger partial charge is 0.486 e. The van der Waals surface area contributed by atoms with Crippen molar-refractivity contribution in [3.63, 3.8) is 0 Å². The molecule has 0 spiro atoms. The minimum Gasteiger partial charge on any atom is -0.486 e. The number of esters is 1. The molecular weight excluding hydrogens is 446 g/mol. The lowest BCUT2D eigenvalue weighted by molar-refractivity contribution is -0.140. The van der Waals surface area contributed by atoms with Crippen molar-refractivity contribution in [1.82, 2.24) is 9.55 Å². The van der Waals surface area contributed by atoms with Crippen molar-refractivity contribution in [3.8, 4) is 11.5 Å². The molecule has 1 aliphatic heterocycles. The number of carbonyl (C=O) groups is 2. The molecule has 1 atom stereocenters. The van der Waals surface area contributed by atoms with Crippen LogP contribution in [0.1, 0.15) is 13.3 Å². The van der Waals surface area contributed by atoms with Gasteiger partial charge in [0, 0.05) is 18.3 Å². The number of amides is 1. The third kappa shape index (κ3) is 5.11. The van der Waals surface area contributed by atoms with E-state index in [1.807, 2.05) is 0 Å². The van der Waals surface area contributed by atoms with Crippen molar-refractivity contribution in [2.75, 3.05) is 25.6 Å². The third-order valence-corrected chi connectivity index (χ3v) is 6.15. The normalized spacial score (nSPS) is 13.4. The van der Waals surface area contributed by atoms with Gasteiger partial charge in [0.1, 0.15) is 13.2 Å². The van der Waals surface area contributed by atoms with E-state index in [9.17, 15) is 14.4 Å². The Morgan fingerprint density at radius 1 is 1.18 bits per heavy atom. The molecule has 0 radical (unpaired) electrons. The van der Waals surface area contributed by atoms with Gasteiger partial charge in [-0.05, 0) is 31.2 Å². The first kappa shape index (κ1) is 22.7. The van der Waals surface area contributed by atoms with Crippen LogP contribution in [-0.2, 0) is 20.9 Å². The van der Waals surface area contributed by atoms with Crippen LogP contribution in [0.5, 0.6) is 11.5 Å². The molecule has 33 heavy (non-hydrogen) atoms. The van der Waals surface area contributed by atoms with Crippen LogP contribution in [0.4, 0.5) is 5.69 Å². The first-order valence-corrected chi connectivity index (χ1v) is 11.3. The zero-order chi connectivity index (χ0) is 23.4. The van der Waals surface area contributed by atoms with Crippen molar-refractivity contribution in [1.29, 1.82) is 0 Å². The number of ether oxygens (including phenoxy) is 3. The average molecular weight is 470 g/mol. The number of benzene rings is 2. The summed E-state index contributed by atoms with van der Waals surface area (Å²) >= 11 is 1.15. The Kier molecular flexibility index (Phi) is 6.83. The smallest absolute Gasteiger partial charge is 0.307 e. The number of rotatable bonds is 7. The quantitative estimate of drug-likeness (QED) is 0.320. The lowest BCUT2D eigenvalue weighted by Gasteiger charge is -2.19. The first-order chi connectivity index (χ1) is 16.0. The summed E-state index contributed by atoms with van der Waals surface area (Å²) in [7, 11) is 1.30. The Labute approximate surface area is 194 Å². The zero-order valence-electron chi connectivity index (χ0n) is 18.2. The van der Waals surface area contributed by atoms with Gasteiger partial charge in [0.25, 0.3) is 5.56 Å². The van der Waals surface area contributed by atoms with Crippen molar-refractivity contribution in [2.24, 2.45) is 0 Å². The Morgan fingerprint density at radius 3 is 2.73 bits per heavy atom. The van der Waals surface area contributed by atoms with E-state index in [0.29, 0.717) is 46.5 Å². The van der Waals surface area contributed by atoms with Crippen molar-refractivity contribution < 1.29 is 23.8 Å². The van der Waals surface area contributed by atoms with E-state index < -0.39 is 11.2 Å². The molecule has 1 aromatic heterocycles. The highest BCUT2D eigenvalue weighted by Crippen LogP contribution is 2.33. The zero-order valence-corrected chi connectivity index (χ0v) is 19.0. The summed E-state index contributed by atoms with van der Waals surface area (Å²) in [6, 6.07) is 12.2. The van der Waals surface area contributed by atoms with E-state index in [0.717, 1.165) is 11.8 Å². The van der Waals surface area contributed by atoms with Crippen molar-refractivity contribution >= 4 is 40.2 Å². The number of methoxy groups -OCH3 is 1. The van der Waals surface area contributed by atoms with Crippen molar-refractivity contribution in [2.45, 2.75) is 30.3 Å². The summed E-state index contributed by atoms with van der Waals surface area (Å²) in [4.78, 5) is 42.2. The van der Waals surface area contributed by atoms with Crippen LogP contribution < -0.4 is 20.3 Å². The highest BCUT2D eigenvalue weighted by molar-refractivity contribution is 8.00. The predicted octanol–water partition coefficient (Wildman–Crippen LogP) is 2.85. The summed E-state index contributed by atoms with van der Waals surface area (Å²) in [6.07, 6.45) is 0.0156. The second-order valence-electron chi connectivity index (χ2n) is 7.30. The lowest BCUT2D eigenvalue weighted by Crippen LogP contribution is -2.28. The molecule has 1 N–H and O–H groups in total. The SMILES string of the molecule is COC(=O)CCn1c(SC(C)C(=O)Nc2ccc3c(c2)OCCO3)nc2ccccc2c1=O. The number of anilines is 1. The standard InChI is InChI=1S/C23H23N3O6S/c1-14(21(28)24-15-7-8-18-19(13-15)32-12-11-31-18)33-23-25-17-6-4-3-5-16(17)22(29)26(23)10-9-20(27)30-2/h3-8,13-14H,9-12H2,1-2H3,(H,24,28). The van der Waals surface area contributed by atoms with Crippen LogP contribution in [0.25, 0.3) is 10.9 Å². The van der Waals surface area contributed by atoms with Crippen molar-refractivity contribution in [3.05, 3.63) is 52.8 Å². The van der Waals surface area contributed by atoms with Gasteiger partial charge in [-0.25, -0.2) is 4.98 Å². The average Bonchev–Trinajstić information content (AvgIpc) is 2.83. The Bertz CT molecular complexity index is 1260. The minimum absolute atomic E-state index is 0.0156. The summed E-state index contributed by atoms with van der Waals surface area (Å²) in [6.45, 7) is 2.77. The van der Waals surface area contributed by atoms with Crippen LogP contribution in [0.2, 0.25) is 0 Å². The van der Waals surface area contributed by atoms with Crippen LogP contribution in [0.3, 0.4) is 0 Å². The highest BCUT2D eigenvalue weighted by atomic mass is 32.2. The Balaban J connectivity index is 1.55. The Hall–Kier alpha value is -3.53. The third-order valence-electron chi connectivity index (χ3n) is 5.05. The monoisotopic (exact) mass is 469 g/mol. The number of nitrogens with zero attached hydrogens (tertiary/aromatic N) is 2. The van der Waals surface area contributed by atoms with Gasteiger partial charge in [-0.2, -0.15) is 0 Å². The lowest BCUT2D eigenvalue weighted by atomic mass is 10.2. The fourth-order valence-corrected chi connectivity index (χ4v) is 4.25. The summed E-state index contributed by atoms with van der Waals surface area (Å²) < 4.78 is 17.2. The maximum absolute atomic E-state index is 13.1. The van der Waals surface area contributed by atoms with E-state index in [1.54, 1.807) is 49.4 Å². The van der Waals surface area contributed by atoms with Gasteiger partial charge in [-0.3, -0.25) is 19.0 Å². The van der Waals surface area contributed by atoms with Crippen LogP contribution >= 0.6 is 11.8 Å². The maximum atomic E-state index is 13.1. The first-order valence-electron chi connectivity index (χ1n) is 10.4. The highest BCUT2D eigenvalue weighted by Gasteiger charge is 2.21. The molecule has 4 rings (SSSR count). The topological polar surface area (TPSA) is 109 Å². The molecule has 0 fully saturated rings. The molecule has 1 amide bonds. The fraction of sp³-hybridized carbons (Fsp3) is 0.304. The molecule has 2 aromatic carbocycles. The number of para-hydroxylation sites is 1. The van der Waals surface area contributed by atoms with Gasteiger partial charge in [0.15, 0.2) is 16.7 Å². The molecule has 1 unspecified atom stereocenters. The van der Waals surface area contributed by atoms with Crippen LogP contribution in [-0.4, -0.2) is 47.0 Å². The van der Waals surface area contributed by atoms with Gasteiger partial charge in [0.2, 0.25) is 5.91 Å². The number of fused-ring (bicyclic) bond motifs is 2. The Morgan fingerprint density at radius 2 is 1.94 bits per heavy atom. The van der Waals surface area contributed by atoms with E-state index in [2.05, 4.69) is 10.3 Å². The molecule has 172 valence electrons. The molecule has 10 heteroatoms. The molecule has 0 aliphatic carbocycles. The number of carbonyl (C=O) groups excluding carboxylic acids is 2. The van der Waals surface area contributed by atoms with Gasteiger partial charge < -0.3 is 19.5 Å². The fourth-order valence-electron chi connectivity index (χ4n) is 3.32. The molecule has 0 saturated carbocycles. The molecule has 9 nitrogen and oxygen atoms in total. The van der Waals surface area contributed by atoms with Gasteiger partial charge in [0.05, 0.1) is 29.7 Å². The van der Waals surface area contributed by atoms with Crippen LogP contribution in [0.15, 0.2) is 52.4 Å². The number of nitrogens with one attached hydrogen (secondary N) is 1.